The van der Waals surface area contributed by atoms with Gasteiger partial charge in [0.05, 0.1) is 0 Å². The standard InChI is InChI=1S/C60H42O/c1-59(2)50-28-24-39(57-43-18-10-8-16-41(43)56(35-14-6-5-7-15-35)42-17-9-11-19-44(42)57)32-47(50)40-26-22-37(33-52(40)59)36-23-27-51-48(30-36)49-31-38-25-29-55-58(45-20-12-13-21-54(45)61-55)46(38)34-53(49)60(51,3)4/h5-34H,1-4H3. The molecular weight excluding hydrogens is 737 g/mol. The van der Waals surface area contributed by atoms with Gasteiger partial charge in [-0.3, -0.25) is 0 Å². The van der Waals surface area contributed by atoms with Crippen LogP contribution in [0.4, 0.5) is 0 Å². The van der Waals surface area contributed by atoms with Crippen molar-refractivity contribution < 1.29 is 4.42 Å². The molecule has 1 aromatic heterocycles. The summed E-state index contributed by atoms with van der Waals surface area (Å²) in [7, 11) is 0. The normalized spacial score (nSPS) is 14.5. The zero-order valence-electron chi connectivity index (χ0n) is 34.7. The van der Waals surface area contributed by atoms with E-state index in [9.17, 15) is 0 Å². The van der Waals surface area contributed by atoms with Gasteiger partial charge in [0.1, 0.15) is 11.2 Å². The van der Waals surface area contributed by atoms with Gasteiger partial charge in [-0.1, -0.05) is 167 Å². The van der Waals surface area contributed by atoms with E-state index in [0.717, 1.165) is 11.2 Å². The van der Waals surface area contributed by atoms with E-state index in [0.29, 0.717) is 0 Å². The first-order chi connectivity index (χ1) is 29.8. The fourth-order valence-electron chi connectivity index (χ4n) is 11.4. The quantitative estimate of drug-likeness (QED) is 0.163. The lowest BCUT2D eigenvalue weighted by Gasteiger charge is -2.23. The summed E-state index contributed by atoms with van der Waals surface area (Å²) in [4.78, 5) is 0. The summed E-state index contributed by atoms with van der Waals surface area (Å²) in [5.41, 5.74) is 20.1. The average Bonchev–Trinajstić information content (AvgIpc) is 3.86. The molecule has 0 N–H and O–H groups in total. The Morgan fingerprint density at radius 3 is 1.51 bits per heavy atom. The summed E-state index contributed by atoms with van der Waals surface area (Å²) in [5.74, 6) is 0. The molecule has 0 bridgehead atoms. The van der Waals surface area contributed by atoms with Crippen LogP contribution in [0.1, 0.15) is 49.9 Å². The van der Waals surface area contributed by atoms with Gasteiger partial charge in [-0.2, -0.15) is 0 Å². The maximum absolute atomic E-state index is 6.30. The van der Waals surface area contributed by atoms with Crippen LogP contribution in [-0.2, 0) is 10.8 Å². The molecule has 13 rings (SSSR count). The zero-order chi connectivity index (χ0) is 40.8. The number of furan rings is 1. The summed E-state index contributed by atoms with van der Waals surface area (Å²) in [5, 5.41) is 10.0. The Morgan fingerprint density at radius 2 is 0.820 bits per heavy atom. The van der Waals surface area contributed by atoms with E-state index < -0.39 is 0 Å². The van der Waals surface area contributed by atoms with Gasteiger partial charge in [0, 0.05) is 21.6 Å². The van der Waals surface area contributed by atoms with Crippen molar-refractivity contribution in [3.63, 3.8) is 0 Å². The smallest absolute Gasteiger partial charge is 0.136 e. The van der Waals surface area contributed by atoms with Crippen LogP contribution in [0.5, 0.6) is 0 Å². The Kier molecular flexibility index (Phi) is 6.91. The molecule has 1 heteroatoms. The lowest BCUT2D eigenvalue weighted by molar-refractivity contribution is 0.660. The Bertz CT molecular complexity index is 3630. The van der Waals surface area contributed by atoms with Crippen molar-refractivity contribution in [3.8, 4) is 55.6 Å². The van der Waals surface area contributed by atoms with Gasteiger partial charge in [-0.15, -0.1) is 0 Å². The molecule has 10 aromatic carbocycles. The first kappa shape index (κ1) is 34.6. The van der Waals surface area contributed by atoms with E-state index in [4.69, 9.17) is 4.42 Å². The first-order valence-corrected chi connectivity index (χ1v) is 21.6. The molecule has 288 valence electrons. The lowest BCUT2D eigenvalue weighted by Crippen LogP contribution is -2.15. The van der Waals surface area contributed by atoms with E-state index in [-0.39, 0.29) is 10.8 Å². The van der Waals surface area contributed by atoms with Crippen LogP contribution in [0.2, 0.25) is 0 Å². The van der Waals surface area contributed by atoms with Gasteiger partial charge in [0.25, 0.3) is 0 Å². The number of fused-ring (bicyclic) bond motifs is 13. The second kappa shape index (κ2) is 12.2. The van der Waals surface area contributed by atoms with E-state index in [1.807, 2.05) is 0 Å². The van der Waals surface area contributed by atoms with Crippen LogP contribution in [0.3, 0.4) is 0 Å². The number of hydrogen-bond donors (Lipinski definition) is 0. The Labute approximate surface area is 355 Å². The summed E-state index contributed by atoms with van der Waals surface area (Å²) in [6.45, 7) is 9.55. The number of hydrogen-bond acceptors (Lipinski definition) is 1. The Hall–Kier alpha value is -7.22. The van der Waals surface area contributed by atoms with Gasteiger partial charge in [0.15, 0.2) is 0 Å². The summed E-state index contributed by atoms with van der Waals surface area (Å²) in [6.07, 6.45) is 0. The molecule has 11 aromatic rings. The fourth-order valence-corrected chi connectivity index (χ4v) is 11.4. The Morgan fingerprint density at radius 1 is 0.311 bits per heavy atom. The molecule has 61 heavy (non-hydrogen) atoms. The Balaban J connectivity index is 0.935. The zero-order valence-corrected chi connectivity index (χ0v) is 34.7. The van der Waals surface area contributed by atoms with E-state index in [1.165, 1.54) is 121 Å². The van der Waals surface area contributed by atoms with Gasteiger partial charge in [-0.05, 0) is 153 Å². The highest BCUT2D eigenvalue weighted by Crippen LogP contribution is 2.54. The monoisotopic (exact) mass is 778 g/mol. The molecule has 2 aliphatic rings. The highest BCUT2D eigenvalue weighted by atomic mass is 16.3. The summed E-state index contributed by atoms with van der Waals surface area (Å²) >= 11 is 0. The minimum atomic E-state index is -0.146. The van der Waals surface area contributed by atoms with Gasteiger partial charge >= 0.3 is 0 Å². The largest absolute Gasteiger partial charge is 0.456 e. The van der Waals surface area contributed by atoms with Crippen LogP contribution in [0.15, 0.2) is 186 Å². The van der Waals surface area contributed by atoms with Crippen molar-refractivity contribution in [1.29, 1.82) is 0 Å². The second-order valence-electron chi connectivity index (χ2n) is 18.4. The van der Waals surface area contributed by atoms with Crippen LogP contribution >= 0.6 is 0 Å². The van der Waals surface area contributed by atoms with Gasteiger partial charge < -0.3 is 4.42 Å². The maximum Gasteiger partial charge on any atom is 0.136 e. The molecule has 0 unspecified atom stereocenters. The molecule has 0 radical (unpaired) electrons. The maximum atomic E-state index is 6.30. The van der Waals surface area contributed by atoms with E-state index in [2.05, 4.69) is 210 Å². The molecule has 0 atom stereocenters. The van der Waals surface area contributed by atoms with Crippen LogP contribution < -0.4 is 0 Å². The van der Waals surface area contributed by atoms with Crippen LogP contribution in [0, 0.1) is 0 Å². The SMILES string of the molecule is CC1(C)c2ccc(-c3c4ccccc4c(-c4ccccc4)c4ccccc34)cc2-c2ccc(-c3ccc4c(c3)-c3cc5ccc6oc7ccccc7c6c5cc3C4(C)C)cc21. The average molecular weight is 779 g/mol. The third kappa shape index (κ3) is 4.72. The molecule has 0 saturated carbocycles. The lowest BCUT2D eigenvalue weighted by atomic mass is 9.80. The highest BCUT2D eigenvalue weighted by molar-refractivity contribution is 6.22. The number of para-hydroxylation sites is 1. The van der Waals surface area contributed by atoms with Crippen LogP contribution in [0.25, 0.3) is 110 Å². The van der Waals surface area contributed by atoms with E-state index in [1.54, 1.807) is 0 Å². The summed E-state index contributed by atoms with van der Waals surface area (Å²) in [6, 6.07) is 68.0. The number of benzene rings is 10. The minimum absolute atomic E-state index is 0.128. The molecule has 2 aliphatic carbocycles. The third-order valence-corrected chi connectivity index (χ3v) is 14.4. The molecule has 1 heterocycles. The van der Waals surface area contributed by atoms with Crippen molar-refractivity contribution in [2.45, 2.75) is 38.5 Å². The van der Waals surface area contributed by atoms with Crippen molar-refractivity contribution in [1.82, 2.24) is 0 Å². The first-order valence-electron chi connectivity index (χ1n) is 21.6. The minimum Gasteiger partial charge on any atom is -0.456 e. The van der Waals surface area contributed by atoms with Gasteiger partial charge in [0.2, 0.25) is 0 Å². The van der Waals surface area contributed by atoms with Crippen molar-refractivity contribution in [2.75, 3.05) is 0 Å². The fraction of sp³-hybridized carbons (Fsp3) is 0.100. The number of rotatable bonds is 3. The molecule has 0 fully saturated rings. The molecule has 0 aliphatic heterocycles. The van der Waals surface area contributed by atoms with Crippen LogP contribution in [-0.4, -0.2) is 0 Å². The van der Waals surface area contributed by atoms with Crippen molar-refractivity contribution >= 4 is 54.3 Å². The highest BCUT2D eigenvalue weighted by Gasteiger charge is 2.38. The van der Waals surface area contributed by atoms with Crippen molar-refractivity contribution in [3.05, 3.63) is 204 Å². The van der Waals surface area contributed by atoms with E-state index >= 15 is 0 Å². The molecule has 1 nitrogen and oxygen atoms in total. The molecular formula is C60H42O. The van der Waals surface area contributed by atoms with Crippen molar-refractivity contribution in [2.24, 2.45) is 0 Å². The molecule has 0 spiro atoms. The summed E-state index contributed by atoms with van der Waals surface area (Å²) < 4.78 is 6.30. The van der Waals surface area contributed by atoms with Gasteiger partial charge in [-0.25, -0.2) is 0 Å². The predicted molar refractivity (Wildman–Crippen MR) is 258 cm³/mol. The third-order valence-electron chi connectivity index (χ3n) is 14.4. The topological polar surface area (TPSA) is 13.1 Å². The molecule has 0 saturated heterocycles. The predicted octanol–water partition coefficient (Wildman–Crippen LogP) is 16.7. The molecule has 0 amide bonds. The second-order valence-corrected chi connectivity index (χ2v) is 18.4.